The summed E-state index contributed by atoms with van der Waals surface area (Å²) in [5, 5.41) is 0.462. The lowest BCUT2D eigenvalue weighted by Gasteiger charge is -2.28. The van der Waals surface area contributed by atoms with E-state index in [2.05, 4.69) is 0 Å². The summed E-state index contributed by atoms with van der Waals surface area (Å²) in [7, 11) is 0. The normalized spacial score (nSPS) is 19.3. The Morgan fingerprint density at radius 2 is 2.06 bits per heavy atom. The smallest absolute Gasteiger partial charge is 0.129 e. The molecule has 1 saturated heterocycles. The molecule has 0 radical (unpaired) electrons. The molecule has 0 unspecified atom stereocenters. The molecule has 1 aromatic rings. The number of hydrogen-bond donors (Lipinski definition) is 1. The highest BCUT2D eigenvalue weighted by Crippen LogP contribution is 2.35. The zero-order valence-corrected chi connectivity index (χ0v) is 10.6. The van der Waals surface area contributed by atoms with Crippen LogP contribution in [0.5, 0.6) is 0 Å². The lowest BCUT2D eigenvalue weighted by Crippen LogP contribution is -2.28. The largest absolute Gasteiger partial charge is 0.381 e. The maximum absolute atomic E-state index is 13.8. The zero-order valence-electron chi connectivity index (χ0n) is 9.88. The van der Waals surface area contributed by atoms with Gasteiger partial charge in [-0.25, -0.2) is 4.39 Å². The van der Waals surface area contributed by atoms with Gasteiger partial charge in [-0.2, -0.15) is 0 Å². The van der Waals surface area contributed by atoms with Crippen molar-refractivity contribution in [3.05, 3.63) is 34.1 Å². The predicted octanol–water partition coefficient (Wildman–Crippen LogP) is 3.21. The van der Waals surface area contributed by atoms with Crippen molar-refractivity contribution in [3.8, 4) is 0 Å². The SMILES string of the molecule is Cc1ccc(F)c([C@H](N)C2CCOCC2)c1Cl. The minimum atomic E-state index is -0.341. The van der Waals surface area contributed by atoms with Gasteiger partial charge in [0.25, 0.3) is 0 Å². The van der Waals surface area contributed by atoms with E-state index in [9.17, 15) is 4.39 Å². The summed E-state index contributed by atoms with van der Waals surface area (Å²) >= 11 is 6.16. The Bertz CT molecular complexity index is 405. The van der Waals surface area contributed by atoms with Gasteiger partial charge in [-0.15, -0.1) is 0 Å². The molecule has 0 amide bonds. The van der Waals surface area contributed by atoms with Crippen LogP contribution in [0.15, 0.2) is 12.1 Å². The third-order valence-electron chi connectivity index (χ3n) is 3.43. The van der Waals surface area contributed by atoms with Gasteiger partial charge >= 0.3 is 0 Å². The van der Waals surface area contributed by atoms with E-state index in [1.807, 2.05) is 6.92 Å². The summed E-state index contributed by atoms with van der Waals surface area (Å²) in [5.41, 5.74) is 7.48. The second-order valence-corrected chi connectivity index (χ2v) is 4.95. The average molecular weight is 258 g/mol. The lowest BCUT2D eigenvalue weighted by atomic mass is 9.87. The number of benzene rings is 1. The minimum absolute atomic E-state index is 0.248. The molecule has 1 heterocycles. The van der Waals surface area contributed by atoms with E-state index < -0.39 is 0 Å². The molecule has 1 atom stereocenters. The molecule has 2 rings (SSSR count). The van der Waals surface area contributed by atoms with Crippen LogP contribution in [0.25, 0.3) is 0 Å². The molecule has 2 N–H and O–H groups in total. The number of halogens is 2. The Morgan fingerprint density at radius 3 is 2.71 bits per heavy atom. The zero-order chi connectivity index (χ0) is 12.4. The van der Waals surface area contributed by atoms with Gasteiger partial charge in [0.1, 0.15) is 5.82 Å². The quantitative estimate of drug-likeness (QED) is 0.883. The van der Waals surface area contributed by atoms with E-state index in [0.717, 1.165) is 18.4 Å². The molecule has 0 saturated carbocycles. The molecule has 1 aliphatic heterocycles. The van der Waals surface area contributed by atoms with Gasteiger partial charge in [0, 0.05) is 24.8 Å². The molecule has 1 fully saturated rings. The first kappa shape index (κ1) is 12.8. The van der Waals surface area contributed by atoms with Crippen LogP contribution in [0.4, 0.5) is 4.39 Å². The third kappa shape index (κ3) is 2.62. The van der Waals surface area contributed by atoms with Crippen LogP contribution in [0.1, 0.15) is 30.0 Å². The van der Waals surface area contributed by atoms with Gasteiger partial charge in [0.05, 0.1) is 5.02 Å². The summed E-state index contributed by atoms with van der Waals surface area (Å²) in [4.78, 5) is 0. The van der Waals surface area contributed by atoms with Gasteiger partial charge in [-0.05, 0) is 37.3 Å². The Labute approximate surface area is 106 Å². The third-order valence-corrected chi connectivity index (χ3v) is 3.93. The average Bonchev–Trinajstić information content (AvgIpc) is 2.35. The van der Waals surface area contributed by atoms with Gasteiger partial charge < -0.3 is 10.5 Å². The van der Waals surface area contributed by atoms with Gasteiger partial charge in [0.15, 0.2) is 0 Å². The number of aryl methyl sites for hydroxylation is 1. The fourth-order valence-electron chi connectivity index (χ4n) is 2.29. The van der Waals surface area contributed by atoms with Crippen LogP contribution in [0.2, 0.25) is 5.02 Å². The van der Waals surface area contributed by atoms with Crippen molar-refractivity contribution in [2.45, 2.75) is 25.8 Å². The van der Waals surface area contributed by atoms with Crippen LogP contribution < -0.4 is 5.73 Å². The fraction of sp³-hybridized carbons (Fsp3) is 0.538. The Morgan fingerprint density at radius 1 is 1.41 bits per heavy atom. The standard InChI is InChI=1S/C13H17ClFNO/c1-8-2-3-10(15)11(12(8)14)13(16)9-4-6-17-7-5-9/h2-3,9,13H,4-7,16H2,1H3/t13-/m1/s1. The molecule has 1 aromatic carbocycles. The van der Waals surface area contributed by atoms with Crippen molar-refractivity contribution < 1.29 is 9.13 Å². The van der Waals surface area contributed by atoms with E-state index >= 15 is 0 Å². The van der Waals surface area contributed by atoms with E-state index in [4.69, 9.17) is 22.1 Å². The number of ether oxygens (including phenoxy) is 1. The highest BCUT2D eigenvalue weighted by Gasteiger charge is 2.26. The molecular weight excluding hydrogens is 241 g/mol. The first-order chi connectivity index (χ1) is 8.11. The summed E-state index contributed by atoms with van der Waals surface area (Å²) in [6.45, 7) is 3.26. The maximum atomic E-state index is 13.8. The second-order valence-electron chi connectivity index (χ2n) is 4.57. The number of rotatable bonds is 2. The van der Waals surface area contributed by atoms with Crippen molar-refractivity contribution in [2.24, 2.45) is 11.7 Å². The van der Waals surface area contributed by atoms with Crippen molar-refractivity contribution in [1.82, 2.24) is 0 Å². The summed E-state index contributed by atoms with van der Waals surface area (Å²) in [5.74, 6) is -0.0582. The molecule has 2 nitrogen and oxygen atoms in total. The summed E-state index contributed by atoms with van der Waals surface area (Å²) in [6.07, 6.45) is 1.73. The van der Waals surface area contributed by atoms with Crippen molar-refractivity contribution in [2.75, 3.05) is 13.2 Å². The van der Waals surface area contributed by atoms with E-state index in [0.29, 0.717) is 23.8 Å². The first-order valence-corrected chi connectivity index (χ1v) is 6.27. The topological polar surface area (TPSA) is 35.2 Å². The van der Waals surface area contributed by atoms with E-state index in [-0.39, 0.29) is 17.8 Å². The van der Waals surface area contributed by atoms with Gasteiger partial charge in [0.2, 0.25) is 0 Å². The molecular formula is C13H17ClFNO. The summed E-state index contributed by atoms with van der Waals surface area (Å²) < 4.78 is 19.1. The van der Waals surface area contributed by atoms with Crippen molar-refractivity contribution in [1.29, 1.82) is 0 Å². The Kier molecular flexibility index (Phi) is 4.02. The molecule has 17 heavy (non-hydrogen) atoms. The molecule has 0 bridgehead atoms. The number of nitrogens with two attached hydrogens (primary N) is 1. The van der Waals surface area contributed by atoms with Crippen LogP contribution >= 0.6 is 11.6 Å². The molecule has 94 valence electrons. The van der Waals surface area contributed by atoms with Crippen LogP contribution in [-0.4, -0.2) is 13.2 Å². The Balaban J connectivity index is 2.29. The predicted molar refractivity (Wildman–Crippen MR) is 66.6 cm³/mol. The highest BCUT2D eigenvalue weighted by atomic mass is 35.5. The van der Waals surface area contributed by atoms with Crippen molar-refractivity contribution >= 4 is 11.6 Å². The number of hydrogen-bond acceptors (Lipinski definition) is 2. The molecule has 0 spiro atoms. The maximum Gasteiger partial charge on any atom is 0.129 e. The first-order valence-electron chi connectivity index (χ1n) is 5.89. The molecule has 1 aliphatic rings. The van der Waals surface area contributed by atoms with Crippen LogP contribution in [-0.2, 0) is 4.74 Å². The van der Waals surface area contributed by atoms with Gasteiger partial charge in [-0.1, -0.05) is 17.7 Å². The van der Waals surface area contributed by atoms with Crippen molar-refractivity contribution in [3.63, 3.8) is 0 Å². The van der Waals surface area contributed by atoms with E-state index in [1.54, 1.807) is 6.07 Å². The van der Waals surface area contributed by atoms with Gasteiger partial charge in [-0.3, -0.25) is 0 Å². The lowest BCUT2D eigenvalue weighted by molar-refractivity contribution is 0.0580. The Hall–Kier alpha value is -0.640. The van der Waals surface area contributed by atoms with Crippen LogP contribution in [0, 0.1) is 18.7 Å². The van der Waals surface area contributed by atoms with Crippen LogP contribution in [0.3, 0.4) is 0 Å². The minimum Gasteiger partial charge on any atom is -0.381 e. The summed E-state index contributed by atoms with van der Waals surface area (Å²) in [6, 6.07) is 2.78. The monoisotopic (exact) mass is 257 g/mol. The van der Waals surface area contributed by atoms with E-state index in [1.165, 1.54) is 6.07 Å². The highest BCUT2D eigenvalue weighted by molar-refractivity contribution is 6.32. The molecule has 0 aliphatic carbocycles. The molecule has 0 aromatic heterocycles. The second kappa shape index (κ2) is 5.34. The fourth-order valence-corrected chi connectivity index (χ4v) is 2.57. The molecule has 4 heteroatoms.